The number of aryl methyl sites for hydroxylation is 1. The monoisotopic (exact) mass is 176 g/mol. The van der Waals surface area contributed by atoms with Gasteiger partial charge in [-0.1, -0.05) is 38.1 Å². The Bertz CT molecular complexity index is 266. The van der Waals surface area contributed by atoms with Crippen LogP contribution in [0.15, 0.2) is 37.1 Å². The van der Waals surface area contributed by atoms with Crippen LogP contribution in [0.5, 0.6) is 5.75 Å². The molecule has 0 saturated carbocycles. The van der Waals surface area contributed by atoms with E-state index in [1.165, 1.54) is 24.7 Å². The summed E-state index contributed by atoms with van der Waals surface area (Å²) in [6, 6.07) is 8.11. The largest absolute Gasteiger partial charge is 0.465 e. The fraction of sp³-hybridized carbons (Fsp3) is 0.333. The molecule has 0 N–H and O–H groups in total. The Morgan fingerprint density at radius 2 is 2.15 bits per heavy atom. The molecule has 13 heavy (non-hydrogen) atoms. The molecule has 0 aromatic heterocycles. The minimum Gasteiger partial charge on any atom is -0.465 e. The molecule has 0 bridgehead atoms. The van der Waals surface area contributed by atoms with Gasteiger partial charge in [-0.2, -0.15) is 0 Å². The summed E-state index contributed by atoms with van der Waals surface area (Å²) in [5.74, 6) is 0.936. The standard InChI is InChI=1S/C12H16O/c1-3-5-8-11-9-6-7-10-12(11)13-4-2/h4,6-7,9-10H,2-3,5,8H2,1H3. The van der Waals surface area contributed by atoms with E-state index < -0.39 is 0 Å². The fourth-order valence-corrected chi connectivity index (χ4v) is 1.28. The highest BCUT2D eigenvalue weighted by Crippen LogP contribution is 2.19. The molecule has 1 rings (SSSR count). The van der Waals surface area contributed by atoms with Crippen LogP contribution in [-0.2, 0) is 6.42 Å². The number of hydrogen-bond acceptors (Lipinski definition) is 1. The third-order valence-electron chi connectivity index (χ3n) is 1.98. The molecule has 0 fully saturated rings. The van der Waals surface area contributed by atoms with Gasteiger partial charge in [0.1, 0.15) is 5.75 Å². The number of rotatable bonds is 5. The summed E-state index contributed by atoms with van der Waals surface area (Å²) in [6.45, 7) is 5.75. The number of para-hydroxylation sites is 1. The Morgan fingerprint density at radius 3 is 2.85 bits per heavy atom. The average Bonchev–Trinajstić information content (AvgIpc) is 2.17. The smallest absolute Gasteiger partial charge is 0.129 e. The number of ether oxygens (including phenoxy) is 1. The molecule has 1 aromatic rings. The second-order valence-corrected chi connectivity index (χ2v) is 3.00. The van der Waals surface area contributed by atoms with E-state index in [1.54, 1.807) is 0 Å². The maximum Gasteiger partial charge on any atom is 0.129 e. The van der Waals surface area contributed by atoms with Gasteiger partial charge in [0.25, 0.3) is 0 Å². The summed E-state index contributed by atoms with van der Waals surface area (Å²) >= 11 is 0. The zero-order valence-corrected chi connectivity index (χ0v) is 8.12. The maximum atomic E-state index is 5.30. The lowest BCUT2D eigenvalue weighted by Gasteiger charge is -2.06. The quantitative estimate of drug-likeness (QED) is 0.623. The van der Waals surface area contributed by atoms with E-state index in [9.17, 15) is 0 Å². The Labute approximate surface area is 80.0 Å². The van der Waals surface area contributed by atoms with E-state index in [1.807, 2.05) is 18.2 Å². The van der Waals surface area contributed by atoms with Crippen LogP contribution in [0.25, 0.3) is 0 Å². The highest BCUT2D eigenvalue weighted by atomic mass is 16.5. The van der Waals surface area contributed by atoms with Crippen molar-refractivity contribution in [3.05, 3.63) is 42.7 Å². The molecular formula is C12H16O. The van der Waals surface area contributed by atoms with Crippen molar-refractivity contribution in [2.24, 2.45) is 0 Å². The van der Waals surface area contributed by atoms with Gasteiger partial charge < -0.3 is 4.74 Å². The van der Waals surface area contributed by atoms with Crippen molar-refractivity contribution in [3.63, 3.8) is 0 Å². The van der Waals surface area contributed by atoms with E-state index >= 15 is 0 Å². The first kappa shape index (κ1) is 9.85. The molecule has 0 saturated heterocycles. The molecule has 1 aromatic carbocycles. The third kappa shape index (κ3) is 2.94. The van der Waals surface area contributed by atoms with Gasteiger partial charge in [0.2, 0.25) is 0 Å². The lowest BCUT2D eigenvalue weighted by atomic mass is 10.1. The van der Waals surface area contributed by atoms with Crippen molar-refractivity contribution < 1.29 is 4.74 Å². The molecule has 1 heteroatoms. The van der Waals surface area contributed by atoms with Crippen LogP contribution in [0.2, 0.25) is 0 Å². The molecule has 0 heterocycles. The Morgan fingerprint density at radius 1 is 1.38 bits per heavy atom. The summed E-state index contributed by atoms with van der Waals surface area (Å²) < 4.78 is 5.30. The van der Waals surface area contributed by atoms with Gasteiger partial charge >= 0.3 is 0 Å². The van der Waals surface area contributed by atoms with Crippen molar-refractivity contribution in [3.8, 4) is 5.75 Å². The van der Waals surface area contributed by atoms with E-state index in [2.05, 4.69) is 19.6 Å². The molecular weight excluding hydrogens is 160 g/mol. The van der Waals surface area contributed by atoms with Gasteiger partial charge in [-0.25, -0.2) is 0 Å². The maximum absolute atomic E-state index is 5.30. The fourth-order valence-electron chi connectivity index (χ4n) is 1.28. The van der Waals surface area contributed by atoms with E-state index in [0.717, 1.165) is 12.2 Å². The highest BCUT2D eigenvalue weighted by Gasteiger charge is 1.99. The van der Waals surface area contributed by atoms with Crippen molar-refractivity contribution >= 4 is 0 Å². The lowest BCUT2D eigenvalue weighted by Crippen LogP contribution is -1.90. The molecule has 0 aliphatic carbocycles. The molecule has 0 aliphatic heterocycles. The molecule has 0 unspecified atom stereocenters. The minimum absolute atomic E-state index is 0.936. The molecule has 0 amide bonds. The molecule has 0 aliphatic rings. The van der Waals surface area contributed by atoms with Gasteiger partial charge in [-0.3, -0.25) is 0 Å². The predicted molar refractivity (Wildman–Crippen MR) is 55.9 cm³/mol. The number of benzene rings is 1. The van der Waals surface area contributed by atoms with Gasteiger partial charge in [0.15, 0.2) is 0 Å². The van der Waals surface area contributed by atoms with E-state index in [0.29, 0.717) is 0 Å². The van der Waals surface area contributed by atoms with E-state index in [-0.39, 0.29) is 0 Å². The average molecular weight is 176 g/mol. The van der Waals surface area contributed by atoms with Crippen LogP contribution in [0.1, 0.15) is 25.3 Å². The number of unbranched alkanes of at least 4 members (excludes halogenated alkanes) is 1. The van der Waals surface area contributed by atoms with Crippen molar-refractivity contribution in [1.82, 2.24) is 0 Å². The van der Waals surface area contributed by atoms with Crippen molar-refractivity contribution in [1.29, 1.82) is 0 Å². The summed E-state index contributed by atoms with van der Waals surface area (Å²) in [5, 5.41) is 0. The predicted octanol–water partition coefficient (Wildman–Crippen LogP) is 3.55. The minimum atomic E-state index is 0.936. The first-order valence-electron chi connectivity index (χ1n) is 4.74. The summed E-state index contributed by atoms with van der Waals surface area (Å²) in [4.78, 5) is 0. The molecule has 1 nitrogen and oxygen atoms in total. The molecule has 0 atom stereocenters. The van der Waals surface area contributed by atoms with Gasteiger partial charge in [-0.15, -0.1) is 0 Å². The zero-order valence-electron chi connectivity index (χ0n) is 8.12. The Balaban J connectivity index is 2.71. The van der Waals surface area contributed by atoms with Crippen LogP contribution >= 0.6 is 0 Å². The normalized spacial score (nSPS) is 9.62. The van der Waals surface area contributed by atoms with Crippen LogP contribution < -0.4 is 4.74 Å². The first-order chi connectivity index (χ1) is 6.38. The Hall–Kier alpha value is -1.24. The summed E-state index contributed by atoms with van der Waals surface area (Å²) in [6.07, 6.45) is 4.98. The van der Waals surface area contributed by atoms with Crippen LogP contribution in [0.4, 0.5) is 0 Å². The van der Waals surface area contributed by atoms with Crippen LogP contribution in [0, 0.1) is 0 Å². The van der Waals surface area contributed by atoms with Crippen LogP contribution in [-0.4, -0.2) is 0 Å². The van der Waals surface area contributed by atoms with Gasteiger partial charge in [0.05, 0.1) is 6.26 Å². The molecule has 70 valence electrons. The van der Waals surface area contributed by atoms with Gasteiger partial charge in [0, 0.05) is 0 Å². The summed E-state index contributed by atoms with van der Waals surface area (Å²) in [5.41, 5.74) is 1.27. The second kappa shape index (κ2) is 5.41. The van der Waals surface area contributed by atoms with Crippen molar-refractivity contribution in [2.75, 3.05) is 0 Å². The number of hydrogen-bond donors (Lipinski definition) is 0. The van der Waals surface area contributed by atoms with Gasteiger partial charge in [-0.05, 0) is 24.5 Å². The molecule has 0 spiro atoms. The summed E-state index contributed by atoms with van der Waals surface area (Å²) in [7, 11) is 0. The zero-order chi connectivity index (χ0) is 9.52. The second-order valence-electron chi connectivity index (χ2n) is 3.00. The highest BCUT2D eigenvalue weighted by molar-refractivity contribution is 5.33. The topological polar surface area (TPSA) is 9.23 Å². The first-order valence-corrected chi connectivity index (χ1v) is 4.74. The third-order valence-corrected chi connectivity index (χ3v) is 1.98. The SMILES string of the molecule is C=COc1ccccc1CCCC. The van der Waals surface area contributed by atoms with Crippen LogP contribution in [0.3, 0.4) is 0 Å². The van der Waals surface area contributed by atoms with E-state index in [4.69, 9.17) is 4.74 Å². The molecule has 0 radical (unpaired) electrons. The van der Waals surface area contributed by atoms with Crippen molar-refractivity contribution in [2.45, 2.75) is 26.2 Å². The Kier molecular flexibility index (Phi) is 4.10. The lowest BCUT2D eigenvalue weighted by molar-refractivity contribution is 0.475.